The van der Waals surface area contributed by atoms with Crippen LogP contribution in [0.25, 0.3) is 0 Å². The highest BCUT2D eigenvalue weighted by molar-refractivity contribution is 7.90. The van der Waals surface area contributed by atoms with Crippen molar-refractivity contribution in [3.63, 3.8) is 0 Å². The van der Waals surface area contributed by atoms with Gasteiger partial charge in [-0.1, -0.05) is 12.1 Å². The van der Waals surface area contributed by atoms with E-state index < -0.39 is 21.7 Å². The van der Waals surface area contributed by atoms with Crippen LogP contribution in [0.5, 0.6) is 0 Å². The normalized spacial score (nSPS) is 14.9. The van der Waals surface area contributed by atoms with E-state index in [1.807, 2.05) is 0 Å². The highest BCUT2D eigenvalue weighted by atomic mass is 32.2. The van der Waals surface area contributed by atoms with Gasteiger partial charge in [0.15, 0.2) is 15.6 Å². The Hall–Kier alpha value is -2.61. The molecule has 1 saturated heterocycles. The molecule has 1 aromatic carbocycles. The Kier molecular flexibility index (Phi) is 4.15. The molecule has 2 heterocycles. The second-order valence-electron chi connectivity index (χ2n) is 5.46. The molecule has 0 radical (unpaired) electrons. The molecule has 1 aromatic heterocycles. The summed E-state index contributed by atoms with van der Waals surface area (Å²) in [6.45, 7) is 0.704. The number of nitrogens with zero attached hydrogens (tertiary/aromatic N) is 2. The Labute approximate surface area is 139 Å². The Morgan fingerprint density at radius 1 is 1.00 bits per heavy atom. The lowest BCUT2D eigenvalue weighted by Gasteiger charge is -2.27. The van der Waals surface area contributed by atoms with Crippen LogP contribution in [-0.2, 0) is 9.84 Å². The lowest BCUT2D eigenvalue weighted by atomic mass is 10.2. The zero-order valence-corrected chi connectivity index (χ0v) is 13.8. The number of sulfone groups is 1. The molecule has 1 fully saturated rings. The van der Waals surface area contributed by atoms with Crippen LogP contribution in [-0.4, -0.2) is 49.6 Å². The summed E-state index contributed by atoms with van der Waals surface area (Å²) in [6, 6.07) is 9.10. The van der Waals surface area contributed by atoms with E-state index in [9.17, 15) is 18.0 Å². The summed E-state index contributed by atoms with van der Waals surface area (Å²) in [5.74, 6) is -0.817. The van der Waals surface area contributed by atoms with Crippen molar-refractivity contribution >= 4 is 21.7 Å². The molecule has 1 aliphatic rings. The first kappa shape index (κ1) is 16.3. The monoisotopic (exact) mass is 348 g/mol. The number of carbonyl (C=O) groups excluding carboxylic acids is 2. The summed E-state index contributed by atoms with van der Waals surface area (Å²) >= 11 is 0. The maximum atomic E-state index is 12.8. The fraction of sp³-hybridized carbons (Fsp3) is 0.250. The molecular weight excluding hydrogens is 332 g/mol. The molecule has 0 N–H and O–H groups in total. The number of amides is 2. The first-order chi connectivity index (χ1) is 11.4. The molecule has 0 saturated carbocycles. The molecule has 2 amide bonds. The van der Waals surface area contributed by atoms with Crippen molar-refractivity contribution < 1.29 is 22.4 Å². The summed E-state index contributed by atoms with van der Waals surface area (Å²) in [6.07, 6.45) is 3.04. The maximum absolute atomic E-state index is 12.8. The zero-order valence-electron chi connectivity index (χ0n) is 13.0. The summed E-state index contributed by atoms with van der Waals surface area (Å²) in [4.78, 5) is 25.2. The fourth-order valence-corrected chi connectivity index (χ4v) is 3.55. The van der Waals surface area contributed by atoms with Gasteiger partial charge in [-0.15, -0.1) is 0 Å². The summed E-state index contributed by atoms with van der Waals surface area (Å²) in [7, 11) is -3.56. The second kappa shape index (κ2) is 6.12. The van der Waals surface area contributed by atoms with Gasteiger partial charge in [-0.05, 0) is 30.7 Å². The third kappa shape index (κ3) is 2.92. The van der Waals surface area contributed by atoms with Gasteiger partial charge in [0.2, 0.25) is 0 Å². The van der Waals surface area contributed by atoms with E-state index in [0.29, 0.717) is 19.5 Å². The minimum absolute atomic E-state index is 0.0488. The van der Waals surface area contributed by atoms with Gasteiger partial charge in [0, 0.05) is 19.3 Å². The van der Waals surface area contributed by atoms with Gasteiger partial charge < -0.3 is 4.42 Å². The van der Waals surface area contributed by atoms with Gasteiger partial charge in [0.25, 0.3) is 5.91 Å². The molecule has 0 bridgehead atoms. The third-order valence-corrected chi connectivity index (χ3v) is 4.90. The molecule has 0 aliphatic carbocycles. The Bertz CT molecular complexity index is 874. The SMILES string of the molecule is CS(=O)(=O)c1ccccc1C(=O)N1CCCN1C(=O)c1ccco1. The average molecular weight is 348 g/mol. The minimum atomic E-state index is -3.56. The molecule has 24 heavy (non-hydrogen) atoms. The van der Waals surface area contributed by atoms with Crippen molar-refractivity contribution in [2.24, 2.45) is 0 Å². The smallest absolute Gasteiger partial charge is 0.308 e. The summed E-state index contributed by atoms with van der Waals surface area (Å²) < 4.78 is 28.9. The number of rotatable bonds is 3. The number of hydrogen-bond donors (Lipinski definition) is 0. The highest BCUT2D eigenvalue weighted by Gasteiger charge is 2.34. The van der Waals surface area contributed by atoms with Crippen molar-refractivity contribution in [1.29, 1.82) is 0 Å². The quantitative estimate of drug-likeness (QED) is 0.840. The van der Waals surface area contributed by atoms with E-state index in [0.717, 1.165) is 6.26 Å². The van der Waals surface area contributed by atoms with E-state index in [2.05, 4.69) is 0 Å². The number of furan rings is 1. The van der Waals surface area contributed by atoms with E-state index >= 15 is 0 Å². The van der Waals surface area contributed by atoms with Crippen LogP contribution in [0.4, 0.5) is 0 Å². The summed E-state index contributed by atoms with van der Waals surface area (Å²) in [5.41, 5.74) is 0.0548. The fourth-order valence-electron chi connectivity index (χ4n) is 2.67. The van der Waals surface area contributed by atoms with Gasteiger partial charge in [0.05, 0.1) is 16.7 Å². The Morgan fingerprint density at radius 3 is 2.29 bits per heavy atom. The first-order valence-electron chi connectivity index (χ1n) is 7.36. The van der Waals surface area contributed by atoms with E-state index in [4.69, 9.17) is 4.42 Å². The molecule has 0 atom stereocenters. The molecule has 1 aliphatic heterocycles. The van der Waals surface area contributed by atoms with Gasteiger partial charge in [0.1, 0.15) is 0 Å². The van der Waals surface area contributed by atoms with Crippen LogP contribution < -0.4 is 0 Å². The predicted molar refractivity (Wildman–Crippen MR) is 84.9 cm³/mol. The molecule has 2 aromatic rings. The van der Waals surface area contributed by atoms with Crippen LogP contribution in [0.15, 0.2) is 52.0 Å². The molecule has 0 unspecified atom stereocenters. The van der Waals surface area contributed by atoms with E-state index in [1.165, 1.54) is 34.5 Å². The van der Waals surface area contributed by atoms with Crippen molar-refractivity contribution in [3.8, 4) is 0 Å². The lowest BCUT2D eigenvalue weighted by molar-refractivity contribution is 0.0164. The molecule has 8 heteroatoms. The van der Waals surface area contributed by atoms with Crippen molar-refractivity contribution in [3.05, 3.63) is 54.0 Å². The summed E-state index contributed by atoms with van der Waals surface area (Å²) in [5, 5.41) is 2.56. The Morgan fingerprint density at radius 2 is 1.67 bits per heavy atom. The van der Waals surface area contributed by atoms with E-state index in [-0.39, 0.29) is 16.2 Å². The average Bonchev–Trinajstić information content (AvgIpc) is 3.24. The van der Waals surface area contributed by atoms with Gasteiger partial charge in [-0.2, -0.15) is 0 Å². The molecule has 7 nitrogen and oxygen atoms in total. The topological polar surface area (TPSA) is 87.9 Å². The van der Waals surface area contributed by atoms with Crippen LogP contribution in [0.1, 0.15) is 27.3 Å². The van der Waals surface area contributed by atoms with Crippen LogP contribution in [0, 0.1) is 0 Å². The van der Waals surface area contributed by atoms with E-state index in [1.54, 1.807) is 18.2 Å². The molecule has 0 spiro atoms. The minimum Gasteiger partial charge on any atom is -0.459 e. The van der Waals surface area contributed by atoms with Crippen LogP contribution in [0.3, 0.4) is 0 Å². The van der Waals surface area contributed by atoms with Gasteiger partial charge in [-0.25, -0.2) is 18.4 Å². The number of benzene rings is 1. The number of hydrazine groups is 1. The van der Waals surface area contributed by atoms with Crippen LogP contribution >= 0.6 is 0 Å². The standard InChI is InChI=1S/C16H16N2O5S/c1-24(21,22)14-8-3-2-6-12(14)15(19)17-9-5-10-18(17)16(20)13-7-4-11-23-13/h2-4,6-8,11H,5,9-10H2,1H3. The van der Waals surface area contributed by atoms with Crippen molar-refractivity contribution in [2.75, 3.05) is 19.3 Å². The largest absolute Gasteiger partial charge is 0.459 e. The van der Waals surface area contributed by atoms with Crippen molar-refractivity contribution in [2.45, 2.75) is 11.3 Å². The van der Waals surface area contributed by atoms with Gasteiger partial charge >= 0.3 is 5.91 Å². The van der Waals surface area contributed by atoms with Crippen molar-refractivity contribution in [1.82, 2.24) is 10.0 Å². The molecule has 3 rings (SSSR count). The Balaban J connectivity index is 1.94. The lowest BCUT2D eigenvalue weighted by Crippen LogP contribution is -2.45. The maximum Gasteiger partial charge on any atom is 0.308 e. The zero-order chi connectivity index (χ0) is 17.3. The molecule has 126 valence electrons. The highest BCUT2D eigenvalue weighted by Crippen LogP contribution is 2.22. The number of hydrogen-bond acceptors (Lipinski definition) is 5. The predicted octanol–water partition coefficient (Wildman–Crippen LogP) is 1.59. The first-order valence-corrected chi connectivity index (χ1v) is 9.25. The third-order valence-electron chi connectivity index (χ3n) is 3.75. The molecular formula is C16H16N2O5S. The second-order valence-corrected chi connectivity index (χ2v) is 7.44. The van der Waals surface area contributed by atoms with Gasteiger partial charge in [-0.3, -0.25) is 9.59 Å². The number of carbonyl (C=O) groups is 2. The van der Waals surface area contributed by atoms with Crippen LogP contribution in [0.2, 0.25) is 0 Å².